The van der Waals surface area contributed by atoms with Crippen LogP contribution in [0.1, 0.15) is 5.56 Å². The van der Waals surface area contributed by atoms with Crippen molar-refractivity contribution in [1.29, 1.82) is 0 Å². The number of hydrogen-bond donors (Lipinski definition) is 1. The molecule has 86 valence electrons. The summed E-state index contributed by atoms with van der Waals surface area (Å²) in [7, 11) is 1.98. The Hall–Kier alpha value is -1.81. The van der Waals surface area contributed by atoms with Gasteiger partial charge in [0.05, 0.1) is 10.7 Å². The van der Waals surface area contributed by atoms with E-state index in [1.807, 2.05) is 30.1 Å². The van der Waals surface area contributed by atoms with Crippen molar-refractivity contribution in [3.8, 4) is 0 Å². The molecular weight excluding hydrogens is 236 g/mol. The van der Waals surface area contributed by atoms with Gasteiger partial charge in [-0.3, -0.25) is 4.99 Å². The summed E-state index contributed by atoms with van der Waals surface area (Å²) in [6, 6.07) is 4.11. The summed E-state index contributed by atoms with van der Waals surface area (Å²) in [6.45, 7) is 0.554. The van der Waals surface area contributed by atoms with Crippen molar-refractivity contribution in [1.82, 2.24) is 14.9 Å². The molecule has 5 heteroatoms. The molecular formula is C12H11ClN4. The van der Waals surface area contributed by atoms with Gasteiger partial charge in [-0.2, -0.15) is 0 Å². The normalized spacial score (nSPS) is 15.4. The van der Waals surface area contributed by atoms with Crippen LogP contribution in [-0.2, 0) is 7.05 Å². The number of pyridine rings is 1. The van der Waals surface area contributed by atoms with E-state index in [0.717, 1.165) is 22.3 Å². The Morgan fingerprint density at radius 3 is 3.18 bits per heavy atom. The van der Waals surface area contributed by atoms with Crippen LogP contribution in [0.2, 0.25) is 0 Å². The van der Waals surface area contributed by atoms with Crippen LogP contribution in [0.5, 0.6) is 0 Å². The van der Waals surface area contributed by atoms with Gasteiger partial charge in [-0.25, -0.2) is 4.98 Å². The number of aliphatic imine (C=N–C) groups is 1. The zero-order valence-corrected chi connectivity index (χ0v) is 10.1. The average Bonchev–Trinajstić information content (AvgIpc) is 2.71. The molecule has 0 radical (unpaired) electrons. The number of hydrogen-bond acceptors (Lipinski definition) is 3. The van der Waals surface area contributed by atoms with Crippen LogP contribution in [0.25, 0.3) is 16.7 Å². The molecule has 0 saturated carbocycles. The summed E-state index contributed by atoms with van der Waals surface area (Å²) in [4.78, 5) is 8.49. The number of halogens is 1. The van der Waals surface area contributed by atoms with Gasteiger partial charge in [0.25, 0.3) is 0 Å². The van der Waals surface area contributed by atoms with Gasteiger partial charge in [-0.05, 0) is 12.1 Å². The quantitative estimate of drug-likeness (QED) is 0.838. The number of nitrogens with one attached hydrogen (secondary N) is 1. The van der Waals surface area contributed by atoms with Crippen LogP contribution in [0, 0.1) is 0 Å². The van der Waals surface area contributed by atoms with E-state index < -0.39 is 0 Å². The second kappa shape index (κ2) is 3.89. The first-order valence-electron chi connectivity index (χ1n) is 5.30. The molecule has 0 atom stereocenters. The number of allylic oxidation sites excluding steroid dienone is 1. The molecule has 17 heavy (non-hydrogen) atoms. The standard InChI is InChI=1S/C12H11ClN4/c1-17-3-2-8-4-9(5-15-12(8)17)11-10(13)6-14-7-16-11/h2-6,16H,7H2,1H3. The summed E-state index contributed by atoms with van der Waals surface area (Å²) in [5.41, 5.74) is 2.84. The number of rotatable bonds is 1. The average molecular weight is 247 g/mol. The van der Waals surface area contributed by atoms with Crippen LogP contribution >= 0.6 is 11.6 Å². The van der Waals surface area contributed by atoms with Crippen molar-refractivity contribution >= 4 is 34.5 Å². The van der Waals surface area contributed by atoms with Crippen LogP contribution in [0.15, 0.2) is 34.6 Å². The fraction of sp³-hybridized carbons (Fsp3) is 0.167. The lowest BCUT2D eigenvalue weighted by Crippen LogP contribution is -2.17. The van der Waals surface area contributed by atoms with E-state index in [1.54, 1.807) is 6.21 Å². The van der Waals surface area contributed by atoms with E-state index in [1.165, 1.54) is 0 Å². The van der Waals surface area contributed by atoms with Crippen LogP contribution in [0.3, 0.4) is 0 Å². The van der Waals surface area contributed by atoms with Crippen molar-refractivity contribution in [3.05, 3.63) is 35.1 Å². The van der Waals surface area contributed by atoms with Gasteiger partial charge in [0, 0.05) is 36.6 Å². The summed E-state index contributed by atoms with van der Waals surface area (Å²) in [6.07, 6.45) is 5.49. The second-order valence-electron chi connectivity index (χ2n) is 3.93. The smallest absolute Gasteiger partial charge is 0.139 e. The van der Waals surface area contributed by atoms with Crippen molar-refractivity contribution in [2.75, 3.05) is 6.67 Å². The Bertz CT molecular complexity index is 639. The minimum Gasteiger partial charge on any atom is -0.364 e. The lowest BCUT2D eigenvalue weighted by atomic mass is 10.1. The molecule has 0 unspecified atom stereocenters. The van der Waals surface area contributed by atoms with Crippen molar-refractivity contribution in [2.45, 2.75) is 0 Å². The van der Waals surface area contributed by atoms with Gasteiger partial charge >= 0.3 is 0 Å². The molecule has 0 bridgehead atoms. The first kappa shape index (κ1) is 10.4. The van der Waals surface area contributed by atoms with Crippen LogP contribution in [-0.4, -0.2) is 22.4 Å². The van der Waals surface area contributed by atoms with Gasteiger partial charge in [0.1, 0.15) is 12.3 Å². The number of aryl methyl sites for hydroxylation is 1. The van der Waals surface area contributed by atoms with E-state index in [2.05, 4.69) is 21.4 Å². The fourth-order valence-electron chi connectivity index (χ4n) is 1.93. The molecule has 0 aliphatic carbocycles. The molecule has 3 heterocycles. The van der Waals surface area contributed by atoms with Gasteiger partial charge in [0.2, 0.25) is 0 Å². The zero-order chi connectivity index (χ0) is 11.8. The lowest BCUT2D eigenvalue weighted by molar-refractivity contribution is 0.895. The first-order chi connectivity index (χ1) is 8.25. The maximum Gasteiger partial charge on any atom is 0.139 e. The monoisotopic (exact) mass is 246 g/mol. The molecule has 0 aromatic carbocycles. The highest BCUT2D eigenvalue weighted by atomic mass is 35.5. The van der Waals surface area contributed by atoms with E-state index in [9.17, 15) is 0 Å². The molecule has 4 nitrogen and oxygen atoms in total. The maximum absolute atomic E-state index is 6.11. The molecule has 1 aliphatic heterocycles. The van der Waals surface area contributed by atoms with Crippen LogP contribution in [0.4, 0.5) is 0 Å². The number of fused-ring (bicyclic) bond motifs is 1. The third-order valence-corrected chi connectivity index (χ3v) is 3.07. The highest BCUT2D eigenvalue weighted by molar-refractivity contribution is 6.42. The van der Waals surface area contributed by atoms with E-state index >= 15 is 0 Å². The first-order valence-corrected chi connectivity index (χ1v) is 5.68. The third kappa shape index (κ3) is 1.70. The van der Waals surface area contributed by atoms with Gasteiger partial charge in [-0.15, -0.1) is 0 Å². The third-order valence-electron chi connectivity index (χ3n) is 2.79. The number of aromatic nitrogens is 2. The predicted molar refractivity (Wildman–Crippen MR) is 70.0 cm³/mol. The Kier molecular flexibility index (Phi) is 2.37. The Morgan fingerprint density at radius 2 is 2.35 bits per heavy atom. The molecule has 3 rings (SSSR count). The molecule has 0 spiro atoms. The van der Waals surface area contributed by atoms with E-state index in [4.69, 9.17) is 11.6 Å². The number of nitrogens with zero attached hydrogens (tertiary/aromatic N) is 3. The minimum atomic E-state index is 0.554. The van der Waals surface area contributed by atoms with E-state index in [-0.39, 0.29) is 0 Å². The summed E-state index contributed by atoms with van der Waals surface area (Å²) in [5.74, 6) is 0. The molecule has 0 fully saturated rings. The highest BCUT2D eigenvalue weighted by Gasteiger charge is 2.11. The minimum absolute atomic E-state index is 0.554. The Balaban J connectivity index is 2.15. The predicted octanol–water partition coefficient (Wildman–Crippen LogP) is 2.11. The van der Waals surface area contributed by atoms with Crippen molar-refractivity contribution in [3.63, 3.8) is 0 Å². The van der Waals surface area contributed by atoms with Gasteiger partial charge < -0.3 is 9.88 Å². The van der Waals surface area contributed by atoms with Crippen molar-refractivity contribution in [2.24, 2.45) is 12.0 Å². The fourth-order valence-corrected chi connectivity index (χ4v) is 2.18. The summed E-state index contributed by atoms with van der Waals surface area (Å²) < 4.78 is 1.99. The molecule has 1 N–H and O–H groups in total. The second-order valence-corrected chi connectivity index (χ2v) is 4.34. The van der Waals surface area contributed by atoms with Gasteiger partial charge in [0.15, 0.2) is 0 Å². The summed E-state index contributed by atoms with van der Waals surface area (Å²) >= 11 is 6.11. The topological polar surface area (TPSA) is 42.2 Å². The van der Waals surface area contributed by atoms with Gasteiger partial charge in [-0.1, -0.05) is 11.6 Å². The van der Waals surface area contributed by atoms with Crippen molar-refractivity contribution < 1.29 is 0 Å². The Labute approximate surface area is 104 Å². The van der Waals surface area contributed by atoms with E-state index in [0.29, 0.717) is 11.7 Å². The molecule has 2 aromatic heterocycles. The lowest BCUT2D eigenvalue weighted by Gasteiger charge is -2.14. The highest BCUT2D eigenvalue weighted by Crippen LogP contribution is 2.22. The maximum atomic E-state index is 6.11. The van der Waals surface area contributed by atoms with Crippen LogP contribution < -0.4 is 5.32 Å². The largest absolute Gasteiger partial charge is 0.364 e. The molecule has 0 amide bonds. The molecule has 0 saturated heterocycles. The molecule has 2 aromatic rings. The molecule has 1 aliphatic rings. The summed E-state index contributed by atoms with van der Waals surface area (Å²) in [5, 5.41) is 4.88. The Morgan fingerprint density at radius 1 is 1.47 bits per heavy atom. The zero-order valence-electron chi connectivity index (χ0n) is 9.31. The SMILES string of the molecule is Cn1ccc2cc(C3=C(Cl)C=NCN3)cnc21.